The molecule has 0 bridgehead atoms. The monoisotopic (exact) mass is 414 g/mol. The molecule has 30 heavy (non-hydrogen) atoms. The van der Waals surface area contributed by atoms with Crippen LogP contribution in [0.25, 0.3) is 0 Å². The number of guanidine groups is 1. The Balaban J connectivity index is 1.41. The van der Waals surface area contributed by atoms with Crippen LogP contribution in [0.1, 0.15) is 18.9 Å². The van der Waals surface area contributed by atoms with Crippen molar-refractivity contribution in [3.05, 3.63) is 48.3 Å². The highest BCUT2D eigenvalue weighted by atomic mass is 16.5. The third kappa shape index (κ3) is 8.04. The first-order chi connectivity index (χ1) is 14.8. The van der Waals surface area contributed by atoms with E-state index in [-0.39, 0.29) is 0 Å². The maximum atomic E-state index is 5.95. The topological polar surface area (TPSA) is 75.9 Å². The van der Waals surface area contributed by atoms with E-state index in [1.807, 2.05) is 29.1 Å². The molecule has 0 amide bonds. The number of aromatic nitrogens is 2. The summed E-state index contributed by atoms with van der Waals surface area (Å²) >= 11 is 0. The van der Waals surface area contributed by atoms with Gasteiger partial charge in [0.15, 0.2) is 5.96 Å². The Morgan fingerprint density at radius 2 is 2.10 bits per heavy atom. The van der Waals surface area contributed by atoms with Crippen molar-refractivity contribution in [2.24, 2.45) is 4.99 Å². The zero-order chi connectivity index (χ0) is 20.9. The number of nitrogens with zero attached hydrogens (tertiary/aromatic N) is 4. The smallest absolute Gasteiger partial charge is 0.191 e. The summed E-state index contributed by atoms with van der Waals surface area (Å²) in [5.74, 6) is 1.73. The van der Waals surface area contributed by atoms with Crippen LogP contribution in [0.15, 0.2) is 47.7 Å². The van der Waals surface area contributed by atoms with Gasteiger partial charge >= 0.3 is 0 Å². The number of hydrogen-bond donors (Lipinski definition) is 2. The third-order valence-electron chi connectivity index (χ3n) is 4.86. The van der Waals surface area contributed by atoms with Crippen molar-refractivity contribution >= 4 is 5.96 Å². The fourth-order valence-electron chi connectivity index (χ4n) is 3.24. The zero-order valence-electron chi connectivity index (χ0n) is 17.9. The van der Waals surface area contributed by atoms with Crippen molar-refractivity contribution in [2.75, 3.05) is 52.5 Å². The molecule has 2 N–H and O–H groups in total. The molecule has 1 aromatic carbocycles. The molecule has 1 aromatic heterocycles. The molecule has 1 saturated heterocycles. The molecule has 0 unspecified atom stereocenters. The number of aryl methyl sites for hydroxylation is 1. The SMILES string of the molecule is CCNC(=NCc1cccc(OCCN2CCOCC2)c1)NCCCn1cccn1. The van der Waals surface area contributed by atoms with E-state index in [2.05, 4.69) is 39.7 Å². The summed E-state index contributed by atoms with van der Waals surface area (Å²) in [5.41, 5.74) is 1.13. The van der Waals surface area contributed by atoms with E-state index in [0.29, 0.717) is 13.2 Å². The lowest BCUT2D eigenvalue weighted by Gasteiger charge is -2.26. The first kappa shape index (κ1) is 22.1. The molecule has 1 aliphatic heterocycles. The van der Waals surface area contributed by atoms with E-state index >= 15 is 0 Å². The molecule has 8 heteroatoms. The van der Waals surface area contributed by atoms with Crippen molar-refractivity contribution in [3.8, 4) is 5.75 Å². The van der Waals surface area contributed by atoms with Gasteiger partial charge in [0.05, 0.1) is 19.8 Å². The summed E-state index contributed by atoms with van der Waals surface area (Å²) in [7, 11) is 0. The van der Waals surface area contributed by atoms with Crippen molar-refractivity contribution in [1.29, 1.82) is 0 Å². The van der Waals surface area contributed by atoms with Crippen molar-refractivity contribution < 1.29 is 9.47 Å². The summed E-state index contributed by atoms with van der Waals surface area (Å²) in [5, 5.41) is 10.9. The van der Waals surface area contributed by atoms with Gasteiger partial charge in [0.1, 0.15) is 12.4 Å². The minimum Gasteiger partial charge on any atom is -0.492 e. The van der Waals surface area contributed by atoms with Crippen LogP contribution in [0.3, 0.4) is 0 Å². The molecule has 164 valence electrons. The zero-order valence-corrected chi connectivity index (χ0v) is 17.9. The summed E-state index contributed by atoms with van der Waals surface area (Å²) in [6, 6.07) is 10.1. The molecule has 0 aliphatic carbocycles. The average Bonchev–Trinajstić information content (AvgIpc) is 3.30. The van der Waals surface area contributed by atoms with Gasteiger partial charge in [0.25, 0.3) is 0 Å². The standard InChI is InChI=1S/C22H34N6O2/c1-2-23-22(24-8-4-10-28-11-5-9-26-28)25-19-20-6-3-7-21(18-20)30-17-14-27-12-15-29-16-13-27/h3,5-7,9,11,18H,2,4,8,10,12-17,19H2,1H3,(H2,23,24,25). The maximum absolute atomic E-state index is 5.95. The lowest BCUT2D eigenvalue weighted by atomic mass is 10.2. The molecule has 0 saturated carbocycles. The fourth-order valence-corrected chi connectivity index (χ4v) is 3.24. The van der Waals surface area contributed by atoms with Crippen LogP contribution in [-0.2, 0) is 17.8 Å². The number of hydrogen-bond acceptors (Lipinski definition) is 5. The van der Waals surface area contributed by atoms with E-state index in [4.69, 9.17) is 14.5 Å². The Bertz CT molecular complexity index is 744. The predicted octanol–water partition coefficient (Wildman–Crippen LogP) is 1.74. The Morgan fingerprint density at radius 3 is 2.90 bits per heavy atom. The number of rotatable bonds is 11. The van der Waals surface area contributed by atoms with Crippen molar-refractivity contribution in [1.82, 2.24) is 25.3 Å². The fraction of sp³-hybridized carbons (Fsp3) is 0.545. The molecule has 1 aliphatic rings. The van der Waals surface area contributed by atoms with Crippen LogP contribution in [0, 0.1) is 0 Å². The van der Waals surface area contributed by atoms with E-state index in [0.717, 1.165) is 76.2 Å². The number of ether oxygens (including phenoxy) is 2. The first-order valence-electron chi connectivity index (χ1n) is 10.8. The molecule has 0 atom stereocenters. The van der Waals surface area contributed by atoms with Gasteiger partial charge in [-0.1, -0.05) is 12.1 Å². The highest BCUT2D eigenvalue weighted by Gasteiger charge is 2.09. The predicted molar refractivity (Wildman–Crippen MR) is 119 cm³/mol. The second kappa shape index (κ2) is 12.9. The molecule has 1 fully saturated rings. The summed E-state index contributed by atoms with van der Waals surface area (Å²) in [6.45, 7) is 10.5. The Hall–Kier alpha value is -2.58. The van der Waals surface area contributed by atoms with Crippen LogP contribution >= 0.6 is 0 Å². The van der Waals surface area contributed by atoms with Crippen LogP contribution in [0.2, 0.25) is 0 Å². The Kier molecular flexibility index (Phi) is 9.49. The second-order valence-corrected chi connectivity index (χ2v) is 7.19. The molecule has 0 radical (unpaired) electrons. The van der Waals surface area contributed by atoms with E-state index in [1.54, 1.807) is 6.20 Å². The molecule has 2 heterocycles. The Labute approximate surface area is 179 Å². The first-order valence-corrected chi connectivity index (χ1v) is 10.8. The van der Waals surface area contributed by atoms with Crippen LogP contribution in [-0.4, -0.2) is 73.2 Å². The molecule has 2 aromatic rings. The quantitative estimate of drug-likeness (QED) is 0.331. The number of benzene rings is 1. The normalized spacial score (nSPS) is 15.2. The van der Waals surface area contributed by atoms with Gasteiger partial charge in [0, 0.05) is 51.7 Å². The van der Waals surface area contributed by atoms with Crippen molar-refractivity contribution in [3.63, 3.8) is 0 Å². The van der Waals surface area contributed by atoms with Gasteiger partial charge < -0.3 is 20.1 Å². The van der Waals surface area contributed by atoms with Gasteiger partial charge in [0.2, 0.25) is 0 Å². The van der Waals surface area contributed by atoms with Gasteiger partial charge in [-0.3, -0.25) is 9.58 Å². The summed E-state index contributed by atoms with van der Waals surface area (Å²) in [6.07, 6.45) is 4.77. The van der Waals surface area contributed by atoms with E-state index in [9.17, 15) is 0 Å². The summed E-state index contributed by atoms with van der Waals surface area (Å²) < 4.78 is 13.3. The largest absolute Gasteiger partial charge is 0.492 e. The molecule has 0 spiro atoms. The summed E-state index contributed by atoms with van der Waals surface area (Å²) in [4.78, 5) is 7.08. The van der Waals surface area contributed by atoms with Crippen molar-refractivity contribution in [2.45, 2.75) is 26.4 Å². The van der Waals surface area contributed by atoms with E-state index < -0.39 is 0 Å². The van der Waals surface area contributed by atoms with Crippen LogP contribution in [0.4, 0.5) is 0 Å². The lowest BCUT2D eigenvalue weighted by molar-refractivity contribution is 0.0322. The second-order valence-electron chi connectivity index (χ2n) is 7.19. The minimum atomic E-state index is 0.606. The Morgan fingerprint density at radius 1 is 1.20 bits per heavy atom. The highest BCUT2D eigenvalue weighted by Crippen LogP contribution is 2.14. The average molecular weight is 415 g/mol. The van der Waals surface area contributed by atoms with Crippen LogP contribution in [0.5, 0.6) is 5.75 Å². The maximum Gasteiger partial charge on any atom is 0.191 e. The minimum absolute atomic E-state index is 0.606. The molecular formula is C22H34N6O2. The molecular weight excluding hydrogens is 380 g/mol. The number of nitrogens with one attached hydrogen (secondary N) is 2. The van der Waals surface area contributed by atoms with Gasteiger partial charge in [-0.25, -0.2) is 4.99 Å². The molecule has 3 rings (SSSR count). The van der Waals surface area contributed by atoms with Crippen LogP contribution < -0.4 is 15.4 Å². The van der Waals surface area contributed by atoms with Gasteiger partial charge in [-0.2, -0.15) is 5.10 Å². The highest BCUT2D eigenvalue weighted by molar-refractivity contribution is 5.79. The number of aliphatic imine (C=N–C) groups is 1. The van der Waals surface area contributed by atoms with Gasteiger partial charge in [-0.05, 0) is 37.1 Å². The van der Waals surface area contributed by atoms with Gasteiger partial charge in [-0.15, -0.1) is 0 Å². The lowest BCUT2D eigenvalue weighted by Crippen LogP contribution is -2.38. The number of morpholine rings is 1. The van der Waals surface area contributed by atoms with E-state index in [1.165, 1.54) is 0 Å². The molecule has 8 nitrogen and oxygen atoms in total. The third-order valence-corrected chi connectivity index (χ3v) is 4.86.